The first-order chi connectivity index (χ1) is 9.50. The molecule has 4 nitrogen and oxygen atoms in total. The number of carboxylic acids is 1. The smallest absolute Gasteiger partial charge is 0.306 e. The average Bonchev–Trinajstić information content (AvgIpc) is 2.40. The van der Waals surface area contributed by atoms with Gasteiger partial charge in [-0.05, 0) is 18.6 Å². The molecule has 0 radical (unpaired) electrons. The van der Waals surface area contributed by atoms with Crippen LogP contribution in [0.15, 0.2) is 29.2 Å². The Morgan fingerprint density at radius 3 is 2.75 bits per heavy atom. The van der Waals surface area contributed by atoms with Crippen LogP contribution in [-0.2, 0) is 9.59 Å². The molecular formula is C14H18FNO3S. The zero-order valence-corrected chi connectivity index (χ0v) is 12.1. The molecule has 0 saturated heterocycles. The van der Waals surface area contributed by atoms with E-state index in [0.29, 0.717) is 23.6 Å². The first-order valence-electron chi connectivity index (χ1n) is 6.37. The number of halogens is 1. The summed E-state index contributed by atoms with van der Waals surface area (Å²) in [6.45, 7) is 1.94. The maximum atomic E-state index is 13.3. The summed E-state index contributed by atoms with van der Waals surface area (Å²) < 4.78 is 13.3. The van der Waals surface area contributed by atoms with Crippen LogP contribution in [0.25, 0.3) is 0 Å². The summed E-state index contributed by atoms with van der Waals surface area (Å²) in [6.07, 6.45) is 0.683. The van der Waals surface area contributed by atoms with Crippen molar-refractivity contribution in [1.82, 2.24) is 5.32 Å². The zero-order chi connectivity index (χ0) is 15.0. The number of rotatable bonds is 8. The number of thioether (sulfide) groups is 1. The van der Waals surface area contributed by atoms with Crippen LogP contribution in [0.3, 0.4) is 0 Å². The summed E-state index contributed by atoms with van der Waals surface area (Å²) in [5.74, 6) is -1.28. The van der Waals surface area contributed by atoms with Crippen molar-refractivity contribution >= 4 is 23.6 Å². The van der Waals surface area contributed by atoms with Crippen LogP contribution in [0, 0.1) is 11.7 Å². The van der Waals surface area contributed by atoms with Crippen molar-refractivity contribution in [1.29, 1.82) is 0 Å². The van der Waals surface area contributed by atoms with Crippen LogP contribution in [-0.4, -0.2) is 29.3 Å². The number of aliphatic carboxylic acids is 1. The van der Waals surface area contributed by atoms with E-state index in [-0.39, 0.29) is 18.1 Å². The molecule has 110 valence electrons. The minimum Gasteiger partial charge on any atom is -0.481 e. The van der Waals surface area contributed by atoms with Crippen LogP contribution in [0.4, 0.5) is 4.39 Å². The Kier molecular flexibility index (Phi) is 7.08. The zero-order valence-electron chi connectivity index (χ0n) is 11.3. The van der Waals surface area contributed by atoms with Gasteiger partial charge >= 0.3 is 5.97 Å². The molecule has 0 aliphatic carbocycles. The summed E-state index contributed by atoms with van der Waals surface area (Å²) in [4.78, 5) is 22.6. The predicted octanol–water partition coefficient (Wildman–Crippen LogP) is 2.53. The topological polar surface area (TPSA) is 66.4 Å². The van der Waals surface area contributed by atoms with Crippen molar-refractivity contribution in [2.45, 2.75) is 24.7 Å². The van der Waals surface area contributed by atoms with Gasteiger partial charge in [0.1, 0.15) is 5.82 Å². The fourth-order valence-corrected chi connectivity index (χ4v) is 2.34. The normalized spacial score (nSPS) is 11.9. The lowest BCUT2D eigenvalue weighted by atomic mass is 10.1. The third kappa shape index (κ3) is 6.06. The third-order valence-electron chi connectivity index (χ3n) is 2.74. The molecule has 1 amide bonds. The third-order valence-corrected chi connectivity index (χ3v) is 3.79. The highest BCUT2D eigenvalue weighted by molar-refractivity contribution is 7.99. The molecule has 1 atom stereocenters. The first kappa shape index (κ1) is 16.5. The van der Waals surface area contributed by atoms with Gasteiger partial charge in [0.25, 0.3) is 0 Å². The van der Waals surface area contributed by atoms with Gasteiger partial charge in [0.2, 0.25) is 5.91 Å². The molecule has 0 heterocycles. The average molecular weight is 299 g/mol. The number of benzene rings is 1. The standard InChI is InChI=1S/C14H18FNO3S/c1-10(14(18)19)6-8-16-13(17)7-9-20-12-5-3-2-4-11(12)15/h2-5,10H,6-9H2,1H3,(H,16,17)(H,18,19). The van der Waals surface area contributed by atoms with E-state index < -0.39 is 11.9 Å². The lowest BCUT2D eigenvalue weighted by Gasteiger charge is -2.08. The van der Waals surface area contributed by atoms with Crippen LogP contribution >= 0.6 is 11.8 Å². The minimum absolute atomic E-state index is 0.147. The van der Waals surface area contributed by atoms with Crippen LogP contribution < -0.4 is 5.32 Å². The quantitative estimate of drug-likeness (QED) is 0.724. The second-order valence-corrected chi connectivity index (χ2v) is 5.54. The molecule has 0 spiro atoms. The van der Waals surface area contributed by atoms with E-state index in [4.69, 9.17) is 5.11 Å². The SMILES string of the molecule is CC(CCNC(=O)CCSc1ccccc1F)C(=O)O. The number of hydrogen-bond donors (Lipinski definition) is 2. The number of carbonyl (C=O) groups excluding carboxylic acids is 1. The van der Waals surface area contributed by atoms with E-state index in [9.17, 15) is 14.0 Å². The fraction of sp³-hybridized carbons (Fsp3) is 0.429. The maximum Gasteiger partial charge on any atom is 0.306 e. The Hall–Kier alpha value is -1.56. The molecule has 20 heavy (non-hydrogen) atoms. The number of carbonyl (C=O) groups is 2. The Morgan fingerprint density at radius 1 is 1.40 bits per heavy atom. The van der Waals surface area contributed by atoms with Crippen molar-refractivity contribution in [3.8, 4) is 0 Å². The van der Waals surface area contributed by atoms with Gasteiger partial charge in [0.15, 0.2) is 0 Å². The molecule has 0 aliphatic rings. The van der Waals surface area contributed by atoms with Crippen molar-refractivity contribution < 1.29 is 19.1 Å². The highest BCUT2D eigenvalue weighted by atomic mass is 32.2. The molecule has 0 aliphatic heterocycles. The van der Waals surface area contributed by atoms with Gasteiger partial charge in [-0.15, -0.1) is 11.8 Å². The van der Waals surface area contributed by atoms with Gasteiger partial charge < -0.3 is 10.4 Å². The van der Waals surface area contributed by atoms with E-state index >= 15 is 0 Å². The van der Waals surface area contributed by atoms with E-state index in [1.807, 2.05) is 0 Å². The Labute approximate surface area is 121 Å². The highest BCUT2D eigenvalue weighted by Gasteiger charge is 2.11. The second kappa shape index (κ2) is 8.58. The number of hydrogen-bond acceptors (Lipinski definition) is 3. The molecule has 0 bridgehead atoms. The van der Waals surface area contributed by atoms with Crippen molar-refractivity contribution in [3.63, 3.8) is 0 Å². The molecule has 1 unspecified atom stereocenters. The van der Waals surface area contributed by atoms with E-state index in [0.717, 1.165) is 0 Å². The molecule has 1 aromatic carbocycles. The van der Waals surface area contributed by atoms with Crippen molar-refractivity contribution in [3.05, 3.63) is 30.1 Å². The van der Waals surface area contributed by atoms with Crippen molar-refractivity contribution in [2.24, 2.45) is 5.92 Å². The van der Waals surface area contributed by atoms with Crippen LogP contribution in [0.2, 0.25) is 0 Å². The van der Waals surface area contributed by atoms with E-state index in [1.165, 1.54) is 17.8 Å². The second-order valence-electron chi connectivity index (χ2n) is 4.41. The first-order valence-corrected chi connectivity index (χ1v) is 7.36. The Morgan fingerprint density at radius 2 is 2.10 bits per heavy atom. The lowest BCUT2D eigenvalue weighted by Crippen LogP contribution is -2.27. The molecule has 6 heteroatoms. The summed E-state index contributed by atoms with van der Waals surface area (Å²) in [7, 11) is 0. The monoisotopic (exact) mass is 299 g/mol. The molecular weight excluding hydrogens is 281 g/mol. The maximum absolute atomic E-state index is 13.3. The number of nitrogens with one attached hydrogen (secondary N) is 1. The Balaban J connectivity index is 2.18. The predicted molar refractivity (Wildman–Crippen MR) is 76.2 cm³/mol. The molecule has 2 N–H and O–H groups in total. The van der Waals surface area contributed by atoms with Crippen LogP contribution in [0.1, 0.15) is 19.8 Å². The molecule has 1 aromatic rings. The van der Waals surface area contributed by atoms with E-state index in [2.05, 4.69) is 5.32 Å². The van der Waals surface area contributed by atoms with Crippen LogP contribution in [0.5, 0.6) is 0 Å². The lowest BCUT2D eigenvalue weighted by molar-refractivity contribution is -0.141. The number of amides is 1. The van der Waals surface area contributed by atoms with Gasteiger partial charge in [-0.3, -0.25) is 9.59 Å². The summed E-state index contributed by atoms with van der Waals surface area (Å²) >= 11 is 1.29. The van der Waals surface area contributed by atoms with Crippen molar-refractivity contribution in [2.75, 3.05) is 12.3 Å². The molecule has 0 fully saturated rings. The van der Waals surface area contributed by atoms with Gasteiger partial charge in [-0.25, -0.2) is 4.39 Å². The summed E-state index contributed by atoms with van der Waals surface area (Å²) in [5.41, 5.74) is 0. The Bertz CT molecular complexity index is 467. The summed E-state index contributed by atoms with van der Waals surface area (Å²) in [6, 6.07) is 6.43. The highest BCUT2D eigenvalue weighted by Crippen LogP contribution is 2.21. The largest absolute Gasteiger partial charge is 0.481 e. The fourth-order valence-electron chi connectivity index (χ4n) is 1.46. The van der Waals surface area contributed by atoms with Gasteiger partial charge in [0.05, 0.1) is 5.92 Å². The van der Waals surface area contributed by atoms with Gasteiger partial charge in [-0.2, -0.15) is 0 Å². The minimum atomic E-state index is -0.866. The molecule has 1 rings (SSSR count). The number of carboxylic acid groups (broad SMARTS) is 1. The summed E-state index contributed by atoms with van der Waals surface area (Å²) in [5, 5.41) is 11.3. The van der Waals surface area contributed by atoms with E-state index in [1.54, 1.807) is 25.1 Å². The molecule has 0 aromatic heterocycles. The van der Waals surface area contributed by atoms with Gasteiger partial charge in [0, 0.05) is 23.6 Å². The molecule has 0 saturated carbocycles. The van der Waals surface area contributed by atoms with Gasteiger partial charge in [-0.1, -0.05) is 19.1 Å².